The van der Waals surface area contributed by atoms with Gasteiger partial charge in [0.05, 0.1) is 11.9 Å². The predicted octanol–water partition coefficient (Wildman–Crippen LogP) is 2.16. The highest BCUT2D eigenvalue weighted by Gasteiger charge is 2.15. The summed E-state index contributed by atoms with van der Waals surface area (Å²) in [5.41, 5.74) is 0.573. The van der Waals surface area contributed by atoms with Gasteiger partial charge in [-0.3, -0.25) is 9.10 Å². The Morgan fingerprint density at radius 3 is 2.35 bits per heavy atom. The number of anilines is 1. The van der Waals surface area contributed by atoms with Crippen molar-refractivity contribution in [3.05, 3.63) is 24.3 Å². The highest BCUT2D eigenvalue weighted by molar-refractivity contribution is 7.92. The van der Waals surface area contributed by atoms with E-state index >= 15 is 0 Å². The summed E-state index contributed by atoms with van der Waals surface area (Å²) >= 11 is 0. The van der Waals surface area contributed by atoms with Crippen LogP contribution in [0.1, 0.15) is 33.6 Å². The molecule has 1 N–H and O–H groups in total. The van der Waals surface area contributed by atoms with Crippen molar-refractivity contribution in [2.24, 2.45) is 0 Å². The van der Waals surface area contributed by atoms with Gasteiger partial charge in [-0.1, -0.05) is 13.3 Å². The summed E-state index contributed by atoms with van der Waals surface area (Å²) in [7, 11) is -3.30. The third-order valence-corrected chi connectivity index (χ3v) is 4.58. The molecule has 0 aliphatic heterocycles. The average Bonchev–Trinajstić information content (AvgIpc) is 2.46. The summed E-state index contributed by atoms with van der Waals surface area (Å²) in [6, 6.07) is 6.78. The van der Waals surface area contributed by atoms with E-state index in [2.05, 4.69) is 12.2 Å². The maximum Gasteiger partial charge on any atom is 0.258 e. The van der Waals surface area contributed by atoms with Gasteiger partial charge in [0, 0.05) is 12.6 Å². The smallest absolute Gasteiger partial charge is 0.258 e. The lowest BCUT2D eigenvalue weighted by Gasteiger charge is -2.20. The zero-order valence-electron chi connectivity index (χ0n) is 14.2. The van der Waals surface area contributed by atoms with E-state index in [1.807, 2.05) is 6.92 Å². The molecule has 0 bridgehead atoms. The SMILES string of the molecule is CCCC(C)NC(=O)COc1ccc(N(CC)S(C)(=O)=O)cc1. The van der Waals surface area contributed by atoms with E-state index in [0.717, 1.165) is 12.8 Å². The van der Waals surface area contributed by atoms with Crippen LogP contribution in [0.2, 0.25) is 0 Å². The fraction of sp³-hybridized carbons (Fsp3) is 0.562. The van der Waals surface area contributed by atoms with E-state index in [0.29, 0.717) is 18.0 Å². The number of nitrogens with one attached hydrogen (secondary N) is 1. The first-order valence-electron chi connectivity index (χ1n) is 7.77. The summed E-state index contributed by atoms with van der Waals surface area (Å²) in [4.78, 5) is 11.7. The van der Waals surface area contributed by atoms with Crippen molar-refractivity contribution in [2.45, 2.75) is 39.7 Å². The number of hydrogen-bond donors (Lipinski definition) is 1. The summed E-state index contributed by atoms with van der Waals surface area (Å²) in [5, 5.41) is 2.86. The number of carbonyl (C=O) groups is 1. The maximum absolute atomic E-state index is 11.7. The summed E-state index contributed by atoms with van der Waals surface area (Å²) in [6.45, 7) is 6.10. The quantitative estimate of drug-likeness (QED) is 0.746. The predicted molar refractivity (Wildman–Crippen MR) is 92.3 cm³/mol. The third-order valence-electron chi connectivity index (χ3n) is 3.31. The lowest BCUT2D eigenvalue weighted by molar-refractivity contribution is -0.123. The monoisotopic (exact) mass is 342 g/mol. The van der Waals surface area contributed by atoms with Crippen molar-refractivity contribution < 1.29 is 17.9 Å². The molecule has 0 aliphatic rings. The number of ether oxygens (including phenoxy) is 1. The molecule has 6 nitrogen and oxygen atoms in total. The molecule has 1 atom stereocenters. The van der Waals surface area contributed by atoms with Crippen molar-refractivity contribution >= 4 is 21.6 Å². The molecular weight excluding hydrogens is 316 g/mol. The van der Waals surface area contributed by atoms with Crippen LogP contribution in [0.5, 0.6) is 5.75 Å². The minimum Gasteiger partial charge on any atom is -0.484 e. The second kappa shape index (κ2) is 8.76. The van der Waals surface area contributed by atoms with Crippen LogP contribution in [0.4, 0.5) is 5.69 Å². The Kier molecular flexibility index (Phi) is 7.35. The molecule has 1 amide bonds. The Hall–Kier alpha value is -1.76. The zero-order chi connectivity index (χ0) is 17.5. The highest BCUT2D eigenvalue weighted by atomic mass is 32.2. The number of hydrogen-bond acceptors (Lipinski definition) is 4. The highest BCUT2D eigenvalue weighted by Crippen LogP contribution is 2.21. The van der Waals surface area contributed by atoms with Crippen LogP contribution in [0.15, 0.2) is 24.3 Å². The fourth-order valence-corrected chi connectivity index (χ4v) is 3.26. The molecule has 1 rings (SSSR count). The van der Waals surface area contributed by atoms with Crippen LogP contribution in [0.25, 0.3) is 0 Å². The van der Waals surface area contributed by atoms with Gasteiger partial charge >= 0.3 is 0 Å². The van der Waals surface area contributed by atoms with Crippen LogP contribution >= 0.6 is 0 Å². The Balaban J connectivity index is 2.59. The van der Waals surface area contributed by atoms with Gasteiger partial charge in [-0.05, 0) is 44.5 Å². The largest absolute Gasteiger partial charge is 0.484 e. The number of sulfonamides is 1. The van der Waals surface area contributed by atoms with Gasteiger partial charge < -0.3 is 10.1 Å². The Bertz CT molecular complexity index is 599. The molecule has 0 saturated heterocycles. The van der Waals surface area contributed by atoms with Crippen LogP contribution < -0.4 is 14.4 Å². The summed E-state index contributed by atoms with van der Waals surface area (Å²) < 4.78 is 30.0. The lowest BCUT2D eigenvalue weighted by atomic mass is 10.2. The Morgan fingerprint density at radius 1 is 1.26 bits per heavy atom. The van der Waals surface area contributed by atoms with E-state index in [1.165, 1.54) is 10.6 Å². The molecule has 0 fully saturated rings. The average molecular weight is 342 g/mol. The molecule has 0 spiro atoms. The van der Waals surface area contributed by atoms with E-state index in [1.54, 1.807) is 31.2 Å². The fourth-order valence-electron chi connectivity index (χ4n) is 2.29. The lowest BCUT2D eigenvalue weighted by Crippen LogP contribution is -2.35. The first kappa shape index (κ1) is 19.3. The number of carbonyl (C=O) groups excluding carboxylic acids is 1. The molecule has 1 unspecified atom stereocenters. The first-order valence-corrected chi connectivity index (χ1v) is 9.62. The van der Waals surface area contributed by atoms with Gasteiger partial charge in [-0.2, -0.15) is 0 Å². The van der Waals surface area contributed by atoms with Crippen molar-refractivity contribution in [2.75, 3.05) is 23.7 Å². The normalized spacial score (nSPS) is 12.5. The van der Waals surface area contributed by atoms with Crippen LogP contribution in [0, 0.1) is 0 Å². The molecule has 0 aliphatic carbocycles. The summed E-state index contributed by atoms with van der Waals surface area (Å²) in [5.74, 6) is 0.359. The van der Waals surface area contributed by atoms with E-state index in [-0.39, 0.29) is 18.6 Å². The van der Waals surface area contributed by atoms with E-state index in [4.69, 9.17) is 4.74 Å². The minimum absolute atomic E-state index is 0.0586. The molecule has 130 valence electrons. The second-order valence-electron chi connectivity index (χ2n) is 5.47. The Morgan fingerprint density at radius 2 is 1.87 bits per heavy atom. The van der Waals surface area contributed by atoms with Crippen LogP contribution in [-0.4, -0.2) is 39.8 Å². The molecule has 0 heterocycles. The molecular formula is C16H26N2O4S. The molecule has 0 aromatic heterocycles. The molecule has 23 heavy (non-hydrogen) atoms. The summed E-state index contributed by atoms with van der Waals surface area (Å²) in [6.07, 6.45) is 3.11. The second-order valence-corrected chi connectivity index (χ2v) is 7.37. The Labute approximate surface area is 138 Å². The van der Waals surface area contributed by atoms with Crippen molar-refractivity contribution in [1.29, 1.82) is 0 Å². The number of nitrogens with zero attached hydrogens (tertiary/aromatic N) is 1. The van der Waals surface area contributed by atoms with Gasteiger partial charge in [0.2, 0.25) is 10.0 Å². The molecule has 7 heteroatoms. The van der Waals surface area contributed by atoms with E-state index in [9.17, 15) is 13.2 Å². The van der Waals surface area contributed by atoms with E-state index < -0.39 is 10.0 Å². The van der Waals surface area contributed by atoms with Gasteiger partial charge in [0.1, 0.15) is 5.75 Å². The first-order chi connectivity index (χ1) is 10.8. The maximum atomic E-state index is 11.7. The van der Waals surface area contributed by atoms with Gasteiger partial charge in [0.25, 0.3) is 5.91 Å². The number of benzene rings is 1. The van der Waals surface area contributed by atoms with Crippen LogP contribution in [-0.2, 0) is 14.8 Å². The topological polar surface area (TPSA) is 75.7 Å². The van der Waals surface area contributed by atoms with Crippen molar-refractivity contribution in [3.63, 3.8) is 0 Å². The molecule has 1 aromatic carbocycles. The zero-order valence-corrected chi connectivity index (χ0v) is 15.0. The minimum atomic E-state index is -3.30. The number of amides is 1. The van der Waals surface area contributed by atoms with Gasteiger partial charge in [-0.25, -0.2) is 8.42 Å². The van der Waals surface area contributed by atoms with Crippen LogP contribution in [0.3, 0.4) is 0 Å². The van der Waals surface area contributed by atoms with Gasteiger partial charge in [-0.15, -0.1) is 0 Å². The molecule has 0 radical (unpaired) electrons. The molecule has 1 aromatic rings. The van der Waals surface area contributed by atoms with Gasteiger partial charge in [0.15, 0.2) is 6.61 Å². The number of rotatable bonds is 9. The third kappa shape index (κ3) is 6.48. The van der Waals surface area contributed by atoms with Crippen molar-refractivity contribution in [3.8, 4) is 5.75 Å². The van der Waals surface area contributed by atoms with Crippen molar-refractivity contribution in [1.82, 2.24) is 5.32 Å². The standard InChI is InChI=1S/C16H26N2O4S/c1-5-7-13(3)17-16(19)12-22-15-10-8-14(9-11-15)18(6-2)23(4,20)21/h8-11,13H,5-7,12H2,1-4H3,(H,17,19). The molecule has 0 saturated carbocycles.